The number of hydrogen-bond donors (Lipinski definition) is 0. The molecule has 3 fully saturated rings. The van der Waals surface area contributed by atoms with Crippen molar-refractivity contribution in [3.63, 3.8) is 0 Å². The molecule has 1 aromatic carbocycles. The Hall–Kier alpha value is -2.06. The lowest BCUT2D eigenvalue weighted by atomic mass is 9.78. The highest BCUT2D eigenvalue weighted by atomic mass is 16.8. The molecule has 3 aliphatic heterocycles. The smallest absolute Gasteiger partial charge is 0.262 e. The lowest BCUT2D eigenvalue weighted by molar-refractivity contribution is -0.288. The van der Waals surface area contributed by atoms with E-state index >= 15 is 0 Å². The van der Waals surface area contributed by atoms with Crippen molar-refractivity contribution in [2.24, 2.45) is 0 Å². The molecule has 7 nitrogen and oxygen atoms in total. The molecule has 2 atom stereocenters. The summed E-state index contributed by atoms with van der Waals surface area (Å²) in [5.74, 6) is -1.30. The van der Waals surface area contributed by atoms with Gasteiger partial charge in [-0.1, -0.05) is 30.4 Å². The van der Waals surface area contributed by atoms with E-state index in [2.05, 4.69) is 6.58 Å². The number of rotatable bonds is 5. The van der Waals surface area contributed by atoms with Gasteiger partial charge in [-0.2, -0.15) is 5.06 Å². The van der Waals surface area contributed by atoms with Gasteiger partial charge in [-0.05, 0) is 49.8 Å². The summed E-state index contributed by atoms with van der Waals surface area (Å²) in [5.41, 5.74) is 2.54. The zero-order valence-electron chi connectivity index (χ0n) is 18.0. The van der Waals surface area contributed by atoms with Gasteiger partial charge >= 0.3 is 0 Å². The molecule has 0 aliphatic carbocycles. The first-order valence-electron chi connectivity index (χ1n) is 10.6. The number of ether oxygens (including phenoxy) is 1. The van der Waals surface area contributed by atoms with E-state index in [9.17, 15) is 9.59 Å². The van der Waals surface area contributed by atoms with Crippen LogP contribution in [0.5, 0.6) is 0 Å². The topological polar surface area (TPSA) is 68.3 Å². The van der Waals surface area contributed by atoms with Gasteiger partial charge < -0.3 is 9.57 Å². The van der Waals surface area contributed by atoms with Crippen molar-refractivity contribution in [2.45, 2.75) is 57.3 Å². The number of carbonyl (C=O) groups excluding carboxylic acids is 2. The van der Waals surface area contributed by atoms with Crippen molar-refractivity contribution >= 4 is 17.8 Å². The van der Waals surface area contributed by atoms with E-state index in [4.69, 9.17) is 14.4 Å². The van der Waals surface area contributed by atoms with Gasteiger partial charge in [0, 0.05) is 19.5 Å². The van der Waals surface area contributed by atoms with Crippen molar-refractivity contribution in [1.82, 2.24) is 10.1 Å². The number of aryl methyl sites for hydroxylation is 2. The van der Waals surface area contributed by atoms with Crippen LogP contribution in [-0.4, -0.2) is 60.5 Å². The fourth-order valence-corrected chi connectivity index (χ4v) is 5.03. The molecule has 30 heavy (non-hydrogen) atoms. The second kappa shape index (κ2) is 8.23. The monoisotopic (exact) mass is 414 g/mol. The molecule has 7 heteroatoms. The molecule has 4 rings (SSSR count). The molecular weight excluding hydrogens is 384 g/mol. The summed E-state index contributed by atoms with van der Waals surface area (Å²) in [6.45, 7) is 9.56. The second-order valence-electron chi connectivity index (χ2n) is 8.41. The van der Waals surface area contributed by atoms with Crippen LogP contribution in [0.15, 0.2) is 18.7 Å². The number of nitrogens with zero attached hydrogens (tertiary/aromatic N) is 2. The molecule has 0 aromatic heterocycles. The standard InChI is InChI=1S/C23H30N2O5/c1-5-17-14-15(2)13-16(3)19(17)20-21(26)23(8-10-24(28-4)11-9-23)25(22(20)27)30-18-7-6-12-29-18/h5,13-14,18,20H,1,6-12H2,2-4H3. The van der Waals surface area contributed by atoms with Crippen LogP contribution in [0.3, 0.4) is 0 Å². The Balaban J connectivity index is 1.76. The van der Waals surface area contributed by atoms with Crippen molar-refractivity contribution in [3.05, 3.63) is 41.0 Å². The largest absolute Gasteiger partial charge is 0.350 e. The highest BCUT2D eigenvalue weighted by Crippen LogP contribution is 2.45. The summed E-state index contributed by atoms with van der Waals surface area (Å²) in [6.07, 6.45) is 3.75. The molecule has 2 unspecified atom stereocenters. The number of benzene rings is 1. The molecule has 0 saturated carbocycles. The molecule has 0 bridgehead atoms. The molecule has 162 valence electrons. The van der Waals surface area contributed by atoms with E-state index in [0.717, 1.165) is 28.7 Å². The van der Waals surface area contributed by atoms with Crippen molar-refractivity contribution in [2.75, 3.05) is 26.8 Å². The van der Waals surface area contributed by atoms with Crippen molar-refractivity contribution < 1.29 is 24.0 Å². The molecule has 1 aromatic rings. The Kier molecular flexibility index (Phi) is 5.81. The quantitative estimate of drug-likeness (QED) is 0.690. The van der Waals surface area contributed by atoms with Crippen LogP contribution in [0.25, 0.3) is 6.08 Å². The first kappa shape index (κ1) is 21.2. The van der Waals surface area contributed by atoms with Crippen LogP contribution >= 0.6 is 0 Å². The third kappa shape index (κ3) is 3.39. The fourth-order valence-electron chi connectivity index (χ4n) is 5.03. The van der Waals surface area contributed by atoms with Crippen LogP contribution in [0, 0.1) is 13.8 Å². The summed E-state index contributed by atoms with van der Waals surface area (Å²) in [6, 6.07) is 3.98. The van der Waals surface area contributed by atoms with Gasteiger partial charge in [-0.25, -0.2) is 9.90 Å². The number of hydrogen-bond acceptors (Lipinski definition) is 6. The zero-order chi connectivity index (χ0) is 21.5. The Morgan fingerprint density at radius 1 is 1.23 bits per heavy atom. The van der Waals surface area contributed by atoms with E-state index in [1.807, 2.05) is 31.0 Å². The van der Waals surface area contributed by atoms with E-state index in [1.165, 1.54) is 5.06 Å². The van der Waals surface area contributed by atoms with Gasteiger partial charge in [-0.15, -0.1) is 0 Å². The van der Waals surface area contributed by atoms with Crippen LogP contribution in [0.2, 0.25) is 0 Å². The average Bonchev–Trinajstić information content (AvgIpc) is 3.31. The summed E-state index contributed by atoms with van der Waals surface area (Å²) < 4.78 is 5.62. The highest BCUT2D eigenvalue weighted by Gasteiger charge is 2.61. The third-order valence-corrected chi connectivity index (χ3v) is 6.55. The minimum Gasteiger partial charge on any atom is -0.350 e. The fraction of sp³-hybridized carbons (Fsp3) is 0.565. The van der Waals surface area contributed by atoms with Gasteiger partial charge in [-0.3, -0.25) is 9.59 Å². The number of hydroxylamine groups is 4. The number of amides is 1. The van der Waals surface area contributed by atoms with E-state index in [1.54, 1.807) is 13.2 Å². The van der Waals surface area contributed by atoms with E-state index in [0.29, 0.717) is 39.0 Å². The minimum absolute atomic E-state index is 0.101. The van der Waals surface area contributed by atoms with Crippen molar-refractivity contribution in [1.29, 1.82) is 0 Å². The maximum Gasteiger partial charge on any atom is 0.262 e. The van der Waals surface area contributed by atoms with E-state index in [-0.39, 0.29) is 11.7 Å². The van der Waals surface area contributed by atoms with Gasteiger partial charge in [0.15, 0.2) is 12.1 Å². The summed E-state index contributed by atoms with van der Waals surface area (Å²) >= 11 is 0. The first-order valence-corrected chi connectivity index (χ1v) is 10.6. The van der Waals surface area contributed by atoms with Crippen molar-refractivity contribution in [3.8, 4) is 0 Å². The third-order valence-electron chi connectivity index (χ3n) is 6.55. The molecular formula is C23H30N2O5. The maximum absolute atomic E-state index is 13.9. The Morgan fingerprint density at radius 3 is 2.57 bits per heavy atom. The normalized spacial score (nSPS) is 26.7. The lowest BCUT2D eigenvalue weighted by Gasteiger charge is -2.42. The Bertz CT molecular complexity index is 853. The summed E-state index contributed by atoms with van der Waals surface area (Å²) in [7, 11) is 1.62. The molecule has 3 heterocycles. The Morgan fingerprint density at radius 2 is 1.97 bits per heavy atom. The maximum atomic E-state index is 13.9. The van der Waals surface area contributed by atoms with Gasteiger partial charge in [0.1, 0.15) is 11.5 Å². The number of carbonyl (C=O) groups is 2. The van der Waals surface area contributed by atoms with Gasteiger partial charge in [0.25, 0.3) is 5.91 Å². The molecule has 1 spiro atoms. The predicted octanol–water partition coefficient (Wildman–Crippen LogP) is 2.91. The van der Waals surface area contributed by atoms with Gasteiger partial charge in [0.2, 0.25) is 0 Å². The van der Waals surface area contributed by atoms with Crippen LogP contribution < -0.4 is 0 Å². The lowest BCUT2D eigenvalue weighted by Crippen LogP contribution is -2.56. The molecule has 3 saturated heterocycles. The first-order chi connectivity index (χ1) is 14.4. The number of Topliss-reactive ketones (excluding diaryl/α,β-unsaturated/α-hetero) is 1. The van der Waals surface area contributed by atoms with Gasteiger partial charge in [0.05, 0.1) is 13.7 Å². The van der Waals surface area contributed by atoms with Crippen LogP contribution in [-0.2, 0) is 24.0 Å². The molecule has 0 radical (unpaired) electrons. The Labute approximate surface area is 177 Å². The second-order valence-corrected chi connectivity index (χ2v) is 8.41. The van der Waals surface area contributed by atoms with Crippen LogP contribution in [0.1, 0.15) is 53.9 Å². The summed E-state index contributed by atoms with van der Waals surface area (Å²) in [5, 5.41) is 3.17. The predicted molar refractivity (Wildman–Crippen MR) is 111 cm³/mol. The van der Waals surface area contributed by atoms with Crippen LogP contribution in [0.4, 0.5) is 0 Å². The number of ketones is 1. The SMILES string of the molecule is C=Cc1cc(C)cc(C)c1C1C(=O)N(OC2CCCO2)C2(CCN(OC)CC2)C1=O. The summed E-state index contributed by atoms with van der Waals surface area (Å²) in [4.78, 5) is 39.0. The highest BCUT2D eigenvalue weighted by molar-refractivity contribution is 6.17. The average molecular weight is 415 g/mol. The minimum atomic E-state index is -1.00. The number of piperidine rings is 1. The molecule has 0 N–H and O–H groups in total. The van der Waals surface area contributed by atoms with E-state index < -0.39 is 17.7 Å². The zero-order valence-corrected chi connectivity index (χ0v) is 18.0. The molecule has 3 aliphatic rings. The molecule has 1 amide bonds.